The van der Waals surface area contributed by atoms with E-state index < -0.39 is 11.7 Å². The van der Waals surface area contributed by atoms with Gasteiger partial charge in [0.05, 0.1) is 7.11 Å². The largest absolute Gasteiger partial charge is 0.468 e. The Morgan fingerprint density at radius 2 is 1.84 bits per heavy atom. The summed E-state index contributed by atoms with van der Waals surface area (Å²) in [5, 5.41) is 5.73. The Balaban J connectivity index is 3.70. The Kier molecular flexibility index (Phi) is 8.14. The van der Waals surface area contributed by atoms with Gasteiger partial charge in [-0.3, -0.25) is 4.79 Å². The molecule has 1 atom stereocenters. The van der Waals surface area contributed by atoms with Gasteiger partial charge in [0, 0.05) is 6.54 Å². The fourth-order valence-electron chi connectivity index (χ4n) is 1.41. The molecule has 0 aliphatic carbocycles. The number of hydrogen-bond donors (Lipinski definition) is 2. The highest BCUT2D eigenvalue weighted by atomic mass is 16.6. The minimum absolute atomic E-state index is 0.261. The number of rotatable bonds is 7. The van der Waals surface area contributed by atoms with E-state index in [0.29, 0.717) is 25.9 Å². The van der Waals surface area contributed by atoms with Gasteiger partial charge in [-0.15, -0.1) is 0 Å². The highest BCUT2D eigenvalue weighted by Crippen LogP contribution is 2.06. The quantitative estimate of drug-likeness (QED) is 0.542. The molecule has 0 heterocycles. The van der Waals surface area contributed by atoms with Gasteiger partial charge in [0.25, 0.3) is 0 Å². The fraction of sp³-hybridized carbons (Fsp3) is 0.846. The summed E-state index contributed by atoms with van der Waals surface area (Å²) in [4.78, 5) is 22.6. The van der Waals surface area contributed by atoms with Gasteiger partial charge in [0.15, 0.2) is 0 Å². The maximum absolute atomic E-state index is 11.3. The second-order valence-electron chi connectivity index (χ2n) is 5.22. The highest BCUT2D eigenvalue weighted by molar-refractivity contribution is 5.75. The van der Waals surface area contributed by atoms with Crippen molar-refractivity contribution in [2.75, 3.05) is 20.2 Å². The van der Waals surface area contributed by atoms with Crippen LogP contribution in [0.1, 0.15) is 40.5 Å². The summed E-state index contributed by atoms with van der Waals surface area (Å²) in [7, 11) is 1.37. The minimum Gasteiger partial charge on any atom is -0.468 e. The second-order valence-corrected chi connectivity index (χ2v) is 5.22. The SMILES string of the molecule is CCC(NCCCNC(=O)OC(C)(C)C)C(=O)OC. The molecule has 0 aromatic carbocycles. The van der Waals surface area contributed by atoms with Gasteiger partial charge in [-0.2, -0.15) is 0 Å². The van der Waals surface area contributed by atoms with Crippen LogP contribution in [0.4, 0.5) is 4.79 Å². The number of ether oxygens (including phenoxy) is 2. The first-order valence-corrected chi connectivity index (χ1v) is 6.58. The molecule has 0 aliphatic rings. The first-order valence-electron chi connectivity index (χ1n) is 6.58. The summed E-state index contributed by atoms with van der Waals surface area (Å²) in [5.41, 5.74) is -0.486. The molecule has 19 heavy (non-hydrogen) atoms. The lowest BCUT2D eigenvalue weighted by Gasteiger charge is -2.19. The summed E-state index contributed by atoms with van der Waals surface area (Å²) in [5.74, 6) is -0.261. The standard InChI is InChI=1S/C13H26N2O4/c1-6-10(11(16)18-5)14-8-7-9-15-12(17)19-13(2,3)4/h10,14H,6-9H2,1-5H3,(H,15,17). The molecule has 0 radical (unpaired) electrons. The van der Waals surface area contributed by atoms with E-state index >= 15 is 0 Å². The van der Waals surface area contributed by atoms with Gasteiger partial charge in [0.2, 0.25) is 0 Å². The molecule has 0 fully saturated rings. The zero-order chi connectivity index (χ0) is 14.9. The third kappa shape index (κ3) is 9.30. The molecule has 0 saturated heterocycles. The average molecular weight is 274 g/mol. The Bertz CT molecular complexity index is 287. The molecule has 6 heteroatoms. The van der Waals surface area contributed by atoms with Crippen LogP contribution >= 0.6 is 0 Å². The molecular weight excluding hydrogens is 248 g/mol. The highest BCUT2D eigenvalue weighted by Gasteiger charge is 2.16. The van der Waals surface area contributed by atoms with Gasteiger partial charge < -0.3 is 20.1 Å². The van der Waals surface area contributed by atoms with Crippen molar-refractivity contribution in [3.05, 3.63) is 0 Å². The van der Waals surface area contributed by atoms with Crippen LogP contribution in [0.15, 0.2) is 0 Å². The number of carbonyl (C=O) groups excluding carboxylic acids is 2. The predicted molar refractivity (Wildman–Crippen MR) is 73.0 cm³/mol. The molecule has 0 bridgehead atoms. The Labute approximate surface area is 115 Å². The number of methoxy groups -OCH3 is 1. The summed E-state index contributed by atoms with van der Waals surface area (Å²) >= 11 is 0. The molecule has 0 aliphatic heterocycles. The first kappa shape index (κ1) is 17.7. The molecule has 1 amide bonds. The van der Waals surface area contributed by atoms with E-state index in [1.807, 2.05) is 27.7 Å². The van der Waals surface area contributed by atoms with Crippen molar-refractivity contribution in [1.82, 2.24) is 10.6 Å². The van der Waals surface area contributed by atoms with Crippen molar-refractivity contribution in [2.45, 2.75) is 52.2 Å². The lowest BCUT2D eigenvalue weighted by molar-refractivity contribution is -0.143. The van der Waals surface area contributed by atoms with Crippen molar-refractivity contribution in [3.8, 4) is 0 Å². The zero-order valence-corrected chi connectivity index (χ0v) is 12.5. The van der Waals surface area contributed by atoms with Crippen molar-refractivity contribution in [3.63, 3.8) is 0 Å². The van der Waals surface area contributed by atoms with Crippen LogP contribution in [0, 0.1) is 0 Å². The number of alkyl carbamates (subject to hydrolysis) is 1. The van der Waals surface area contributed by atoms with Gasteiger partial charge in [-0.1, -0.05) is 6.92 Å². The van der Waals surface area contributed by atoms with Gasteiger partial charge in [-0.25, -0.2) is 4.79 Å². The molecule has 2 N–H and O–H groups in total. The summed E-state index contributed by atoms with van der Waals surface area (Å²) in [6.07, 6.45) is 0.964. The fourth-order valence-corrected chi connectivity index (χ4v) is 1.41. The van der Waals surface area contributed by atoms with Crippen LogP contribution in [0.25, 0.3) is 0 Å². The van der Waals surface area contributed by atoms with Crippen LogP contribution in [0.2, 0.25) is 0 Å². The Morgan fingerprint density at radius 3 is 2.32 bits per heavy atom. The number of esters is 1. The Morgan fingerprint density at radius 1 is 1.21 bits per heavy atom. The van der Waals surface area contributed by atoms with Crippen molar-refractivity contribution in [1.29, 1.82) is 0 Å². The van der Waals surface area contributed by atoms with E-state index in [0.717, 1.165) is 0 Å². The average Bonchev–Trinajstić information content (AvgIpc) is 2.30. The second kappa shape index (κ2) is 8.74. The molecular formula is C13H26N2O4. The summed E-state index contributed by atoms with van der Waals surface area (Å²) in [6, 6.07) is -0.286. The van der Waals surface area contributed by atoms with Crippen molar-refractivity contribution >= 4 is 12.1 Å². The van der Waals surface area contributed by atoms with Gasteiger partial charge in [0.1, 0.15) is 11.6 Å². The van der Waals surface area contributed by atoms with Crippen LogP contribution < -0.4 is 10.6 Å². The van der Waals surface area contributed by atoms with Crippen LogP contribution in [-0.4, -0.2) is 43.9 Å². The van der Waals surface area contributed by atoms with E-state index in [-0.39, 0.29) is 12.0 Å². The van der Waals surface area contributed by atoms with Crippen molar-refractivity contribution < 1.29 is 19.1 Å². The minimum atomic E-state index is -0.486. The van der Waals surface area contributed by atoms with E-state index in [9.17, 15) is 9.59 Å². The summed E-state index contributed by atoms with van der Waals surface area (Å²) < 4.78 is 9.76. The van der Waals surface area contributed by atoms with Gasteiger partial charge >= 0.3 is 12.1 Å². The number of amides is 1. The van der Waals surface area contributed by atoms with Crippen LogP contribution in [0.3, 0.4) is 0 Å². The lowest BCUT2D eigenvalue weighted by Crippen LogP contribution is -2.39. The van der Waals surface area contributed by atoms with E-state index in [4.69, 9.17) is 4.74 Å². The number of nitrogens with one attached hydrogen (secondary N) is 2. The normalized spacial score (nSPS) is 12.7. The third-order valence-electron chi connectivity index (χ3n) is 2.31. The Hall–Kier alpha value is -1.30. The molecule has 1 unspecified atom stereocenters. The van der Waals surface area contributed by atoms with Crippen molar-refractivity contribution in [2.24, 2.45) is 0 Å². The van der Waals surface area contributed by atoms with Crippen LogP contribution in [0.5, 0.6) is 0 Å². The summed E-state index contributed by atoms with van der Waals surface area (Å²) in [6.45, 7) is 8.49. The number of carbonyl (C=O) groups is 2. The topological polar surface area (TPSA) is 76.7 Å². The maximum Gasteiger partial charge on any atom is 0.407 e. The first-order chi connectivity index (χ1) is 8.80. The smallest absolute Gasteiger partial charge is 0.407 e. The van der Waals surface area contributed by atoms with E-state index in [2.05, 4.69) is 15.4 Å². The zero-order valence-electron chi connectivity index (χ0n) is 12.5. The van der Waals surface area contributed by atoms with E-state index in [1.54, 1.807) is 0 Å². The molecule has 0 aromatic heterocycles. The molecule has 6 nitrogen and oxygen atoms in total. The maximum atomic E-state index is 11.3. The third-order valence-corrected chi connectivity index (χ3v) is 2.31. The van der Waals surface area contributed by atoms with E-state index in [1.165, 1.54) is 7.11 Å². The number of hydrogen-bond acceptors (Lipinski definition) is 5. The molecule has 0 spiro atoms. The van der Waals surface area contributed by atoms with Crippen LogP contribution in [-0.2, 0) is 14.3 Å². The molecule has 0 rings (SSSR count). The lowest BCUT2D eigenvalue weighted by atomic mass is 10.2. The molecule has 0 saturated carbocycles. The van der Waals surface area contributed by atoms with Gasteiger partial charge in [-0.05, 0) is 40.2 Å². The monoisotopic (exact) mass is 274 g/mol. The molecule has 112 valence electrons. The predicted octanol–water partition coefficient (Wildman–Crippen LogP) is 1.44. The molecule has 0 aromatic rings.